The van der Waals surface area contributed by atoms with E-state index in [1.807, 2.05) is 30.5 Å². The Bertz CT molecular complexity index is 960. The van der Waals surface area contributed by atoms with Gasteiger partial charge < -0.3 is 16.0 Å². The molecular weight excluding hydrogens is 394 g/mol. The maximum absolute atomic E-state index is 12.6. The summed E-state index contributed by atoms with van der Waals surface area (Å²) in [5.74, 6) is -0.427. The highest BCUT2D eigenvalue weighted by molar-refractivity contribution is 7.10. The largest absolute Gasteiger partial charge is 0.376 e. The van der Waals surface area contributed by atoms with E-state index < -0.39 is 0 Å². The van der Waals surface area contributed by atoms with Gasteiger partial charge in [0.05, 0.1) is 18.2 Å². The summed E-state index contributed by atoms with van der Waals surface area (Å²) in [5, 5.41) is 11.3. The SMILES string of the molecule is CC(NC(=O)CNc1ccccc1C(=O)Nc1cccc(Cl)c1)c1cccs1. The minimum atomic E-state index is -0.280. The van der Waals surface area contributed by atoms with E-state index in [0.29, 0.717) is 22.0 Å². The number of benzene rings is 2. The van der Waals surface area contributed by atoms with Crippen LogP contribution in [0.25, 0.3) is 0 Å². The molecule has 28 heavy (non-hydrogen) atoms. The Morgan fingerprint density at radius 3 is 2.64 bits per heavy atom. The lowest BCUT2D eigenvalue weighted by molar-refractivity contribution is -0.120. The summed E-state index contributed by atoms with van der Waals surface area (Å²) in [6.45, 7) is 2.01. The summed E-state index contributed by atoms with van der Waals surface area (Å²) >= 11 is 7.56. The Morgan fingerprint density at radius 1 is 1.07 bits per heavy atom. The molecule has 1 aromatic heterocycles. The molecule has 0 radical (unpaired) electrons. The first-order valence-corrected chi connectivity index (χ1v) is 10.0. The maximum Gasteiger partial charge on any atom is 0.257 e. The van der Waals surface area contributed by atoms with Gasteiger partial charge in [0, 0.05) is 21.3 Å². The van der Waals surface area contributed by atoms with Crippen molar-refractivity contribution in [2.75, 3.05) is 17.2 Å². The summed E-state index contributed by atoms with van der Waals surface area (Å²) in [5.41, 5.74) is 1.64. The summed E-state index contributed by atoms with van der Waals surface area (Å²) in [7, 11) is 0. The van der Waals surface area contributed by atoms with E-state index in [-0.39, 0.29) is 24.4 Å². The van der Waals surface area contributed by atoms with E-state index in [0.717, 1.165) is 4.88 Å². The number of hydrogen-bond acceptors (Lipinski definition) is 4. The molecule has 0 aliphatic heterocycles. The fourth-order valence-electron chi connectivity index (χ4n) is 2.68. The first-order valence-electron chi connectivity index (χ1n) is 8.75. The zero-order valence-electron chi connectivity index (χ0n) is 15.2. The number of halogens is 1. The van der Waals surface area contributed by atoms with Gasteiger partial charge in [-0.25, -0.2) is 0 Å². The third-order valence-electron chi connectivity index (χ3n) is 4.04. The molecule has 3 aromatic rings. The van der Waals surface area contributed by atoms with Crippen LogP contribution in [0.2, 0.25) is 5.02 Å². The van der Waals surface area contributed by atoms with Crippen LogP contribution in [-0.4, -0.2) is 18.4 Å². The number of carbonyl (C=O) groups is 2. The van der Waals surface area contributed by atoms with Crippen molar-refractivity contribution >= 4 is 46.1 Å². The highest BCUT2D eigenvalue weighted by Crippen LogP contribution is 2.20. The van der Waals surface area contributed by atoms with Crippen LogP contribution in [0.5, 0.6) is 0 Å². The molecule has 0 spiro atoms. The second-order valence-corrected chi connectivity index (χ2v) is 7.58. The molecule has 2 aromatic carbocycles. The van der Waals surface area contributed by atoms with Crippen LogP contribution in [0.3, 0.4) is 0 Å². The van der Waals surface area contributed by atoms with E-state index in [1.165, 1.54) is 0 Å². The molecule has 0 saturated carbocycles. The van der Waals surface area contributed by atoms with Crippen molar-refractivity contribution in [1.29, 1.82) is 0 Å². The van der Waals surface area contributed by atoms with Gasteiger partial charge in [-0.2, -0.15) is 0 Å². The van der Waals surface area contributed by atoms with Crippen LogP contribution in [0.4, 0.5) is 11.4 Å². The smallest absolute Gasteiger partial charge is 0.257 e. The number of para-hydroxylation sites is 1. The molecule has 0 fully saturated rings. The lowest BCUT2D eigenvalue weighted by Crippen LogP contribution is -2.32. The van der Waals surface area contributed by atoms with E-state index in [4.69, 9.17) is 11.6 Å². The predicted molar refractivity (Wildman–Crippen MR) is 115 cm³/mol. The molecule has 3 rings (SSSR count). The number of nitrogens with one attached hydrogen (secondary N) is 3. The molecule has 0 bridgehead atoms. The van der Waals surface area contributed by atoms with Crippen LogP contribution in [0.1, 0.15) is 28.2 Å². The van der Waals surface area contributed by atoms with Gasteiger partial charge in [0.25, 0.3) is 5.91 Å². The molecule has 7 heteroatoms. The number of amides is 2. The Kier molecular flexibility index (Phi) is 6.68. The first-order chi connectivity index (χ1) is 13.5. The molecule has 0 aliphatic rings. The Morgan fingerprint density at radius 2 is 1.89 bits per heavy atom. The van der Waals surface area contributed by atoms with Crippen molar-refractivity contribution < 1.29 is 9.59 Å². The summed E-state index contributed by atoms with van der Waals surface area (Å²) in [4.78, 5) is 26.0. The normalized spacial score (nSPS) is 11.5. The van der Waals surface area contributed by atoms with E-state index in [9.17, 15) is 9.59 Å². The topological polar surface area (TPSA) is 70.2 Å². The fourth-order valence-corrected chi connectivity index (χ4v) is 3.60. The van der Waals surface area contributed by atoms with Gasteiger partial charge in [-0.3, -0.25) is 9.59 Å². The minimum absolute atomic E-state index is 0.0596. The fraction of sp³-hybridized carbons (Fsp3) is 0.143. The number of rotatable bonds is 7. The molecular formula is C21H20ClN3O2S. The van der Waals surface area contributed by atoms with Crippen LogP contribution in [0, 0.1) is 0 Å². The van der Waals surface area contributed by atoms with Crippen molar-refractivity contribution in [3.63, 3.8) is 0 Å². The number of anilines is 2. The predicted octanol–water partition coefficient (Wildman–Crippen LogP) is 4.94. The highest BCUT2D eigenvalue weighted by Gasteiger charge is 2.14. The van der Waals surface area contributed by atoms with Crippen LogP contribution in [-0.2, 0) is 4.79 Å². The average Bonchev–Trinajstić information content (AvgIpc) is 3.21. The van der Waals surface area contributed by atoms with Crippen LogP contribution < -0.4 is 16.0 Å². The van der Waals surface area contributed by atoms with Gasteiger partial charge in [-0.1, -0.05) is 35.9 Å². The van der Waals surface area contributed by atoms with Crippen molar-refractivity contribution in [2.24, 2.45) is 0 Å². The first kappa shape index (κ1) is 19.9. The third kappa shape index (κ3) is 5.34. The van der Waals surface area contributed by atoms with Crippen LogP contribution >= 0.6 is 22.9 Å². The molecule has 0 saturated heterocycles. The number of carbonyl (C=O) groups excluding carboxylic acids is 2. The second kappa shape index (κ2) is 9.39. The number of hydrogen-bond donors (Lipinski definition) is 3. The van der Waals surface area contributed by atoms with Crippen molar-refractivity contribution in [3.05, 3.63) is 81.5 Å². The molecule has 1 heterocycles. The standard InChI is InChI=1S/C21H20ClN3O2S/c1-14(19-10-5-11-28-19)24-20(26)13-23-18-9-3-2-8-17(18)21(27)25-16-7-4-6-15(22)12-16/h2-12,14,23H,13H2,1H3,(H,24,26)(H,25,27). The average molecular weight is 414 g/mol. The molecule has 1 unspecified atom stereocenters. The zero-order chi connectivity index (χ0) is 19.9. The molecule has 2 amide bonds. The van der Waals surface area contributed by atoms with Crippen molar-refractivity contribution in [3.8, 4) is 0 Å². The van der Waals surface area contributed by atoms with Gasteiger partial charge >= 0.3 is 0 Å². The molecule has 144 valence electrons. The lowest BCUT2D eigenvalue weighted by atomic mass is 10.1. The summed E-state index contributed by atoms with van der Waals surface area (Å²) < 4.78 is 0. The van der Waals surface area contributed by atoms with Gasteiger partial charge in [-0.15, -0.1) is 11.3 Å². The molecule has 5 nitrogen and oxygen atoms in total. The van der Waals surface area contributed by atoms with E-state index in [1.54, 1.807) is 53.8 Å². The summed E-state index contributed by atoms with van der Waals surface area (Å²) in [6.07, 6.45) is 0. The Balaban J connectivity index is 1.62. The third-order valence-corrected chi connectivity index (χ3v) is 5.33. The quantitative estimate of drug-likeness (QED) is 0.513. The van der Waals surface area contributed by atoms with E-state index in [2.05, 4.69) is 16.0 Å². The van der Waals surface area contributed by atoms with Crippen molar-refractivity contribution in [1.82, 2.24) is 5.32 Å². The van der Waals surface area contributed by atoms with Crippen LogP contribution in [0.15, 0.2) is 66.0 Å². The second-order valence-electron chi connectivity index (χ2n) is 6.17. The Labute approximate surface area is 172 Å². The zero-order valence-corrected chi connectivity index (χ0v) is 16.8. The molecule has 3 N–H and O–H groups in total. The van der Waals surface area contributed by atoms with Gasteiger partial charge in [0.2, 0.25) is 5.91 Å². The van der Waals surface area contributed by atoms with Gasteiger partial charge in [-0.05, 0) is 48.7 Å². The lowest BCUT2D eigenvalue weighted by Gasteiger charge is -2.15. The summed E-state index contributed by atoms with van der Waals surface area (Å²) in [6, 6.07) is 17.9. The van der Waals surface area contributed by atoms with Gasteiger partial charge in [0.15, 0.2) is 0 Å². The molecule has 0 aliphatic carbocycles. The molecule has 1 atom stereocenters. The monoisotopic (exact) mass is 413 g/mol. The number of thiophene rings is 1. The Hall–Kier alpha value is -2.83. The van der Waals surface area contributed by atoms with Crippen molar-refractivity contribution in [2.45, 2.75) is 13.0 Å². The maximum atomic E-state index is 12.6. The van der Waals surface area contributed by atoms with E-state index >= 15 is 0 Å². The minimum Gasteiger partial charge on any atom is -0.376 e. The van der Waals surface area contributed by atoms with Gasteiger partial charge in [0.1, 0.15) is 0 Å². The highest BCUT2D eigenvalue weighted by atomic mass is 35.5.